The topological polar surface area (TPSA) is 175 Å². The van der Waals surface area contributed by atoms with Gasteiger partial charge in [-0.1, -0.05) is 24.3 Å². The molecule has 8 aliphatic rings. The number of benzene rings is 3. The molecule has 12 rings (SSSR count). The maximum absolute atomic E-state index is 15.1. The van der Waals surface area contributed by atoms with Gasteiger partial charge in [-0.2, -0.15) is 0 Å². The van der Waals surface area contributed by atoms with Crippen LogP contribution in [0.2, 0.25) is 0 Å². The Kier molecular flexibility index (Phi) is 7.62. The molecule has 1 spiro atoms. The number of aromatic amines is 1. The molecule has 14 nitrogen and oxygen atoms in total. The highest BCUT2D eigenvalue weighted by molar-refractivity contribution is 8.01. The summed E-state index contributed by atoms with van der Waals surface area (Å²) in [6, 6.07) is 7.22. The predicted octanol–water partition coefficient (Wildman–Crippen LogP) is 3.50. The quantitative estimate of drug-likeness (QED) is 0.151. The van der Waals surface area contributed by atoms with E-state index in [1.807, 2.05) is 56.1 Å². The van der Waals surface area contributed by atoms with E-state index in [-0.39, 0.29) is 44.5 Å². The molecule has 0 aliphatic carbocycles. The number of carbonyl (C=O) groups is 2. The highest BCUT2D eigenvalue weighted by atomic mass is 32.2. The number of aromatic hydroxyl groups is 1. The van der Waals surface area contributed by atoms with E-state index >= 15 is 4.79 Å². The number of aliphatic hydroxyl groups excluding tert-OH is 1. The Morgan fingerprint density at radius 2 is 1.89 bits per heavy atom. The Labute approximate surface area is 320 Å². The highest BCUT2D eigenvalue weighted by Crippen LogP contribution is 2.67. The van der Waals surface area contributed by atoms with E-state index in [4.69, 9.17) is 23.7 Å². The number of likely N-dealkylation sites (N-methyl/N-ethyl adjacent to an activating group) is 1. The number of aryl methyl sites for hydroxylation is 1. The molecule has 15 heteroatoms. The molecule has 0 amide bonds. The smallest absolute Gasteiger partial charge is 0.343 e. The summed E-state index contributed by atoms with van der Waals surface area (Å²) < 4.78 is 30.7. The fourth-order valence-electron chi connectivity index (χ4n) is 10.5. The van der Waals surface area contributed by atoms with Crippen molar-refractivity contribution in [2.45, 2.75) is 73.6 Å². The molecule has 8 aliphatic heterocycles. The van der Waals surface area contributed by atoms with Gasteiger partial charge in [0.15, 0.2) is 23.0 Å². The molecule has 0 saturated carbocycles. The van der Waals surface area contributed by atoms with Gasteiger partial charge in [0.2, 0.25) is 11.7 Å². The van der Waals surface area contributed by atoms with Crippen LogP contribution in [0.5, 0.6) is 28.7 Å². The van der Waals surface area contributed by atoms with E-state index in [9.17, 15) is 20.1 Å². The summed E-state index contributed by atoms with van der Waals surface area (Å²) in [5.74, 6) is 0.355. The zero-order chi connectivity index (χ0) is 38.3. The summed E-state index contributed by atoms with van der Waals surface area (Å²) in [5.41, 5.74) is 4.66. The van der Waals surface area contributed by atoms with Gasteiger partial charge in [-0.3, -0.25) is 19.9 Å². The standard InChI is InChI=1S/C40H42N4O10S/c1-17-10-20-12-39(49)15-43(4)29(26(20)31(47)32(17)50-5)30-36-28-27(35-34(52-16-53-35)18(2)33(28)54-19(3)46)25(44(30)39)14-51-38(48)40(55-36)37-23(11-21(13-45)42-40)22-8-6-7-9-24(22)41-37/h6-10,21,25,29-30,36,41-42,45,47,49H,11-16H2,1-5H3/t21-,25?,29+,30-,36-,39?,40+/m1/s1. The number of esters is 2. The number of phenols is 1. The molecule has 3 unspecified atom stereocenters. The molecule has 2 saturated heterocycles. The van der Waals surface area contributed by atoms with Crippen LogP contribution in [0.4, 0.5) is 0 Å². The number of nitrogens with zero attached hydrogens (tertiary/aromatic N) is 2. The zero-order valence-electron chi connectivity index (χ0n) is 31.0. The first kappa shape index (κ1) is 34.9. The van der Waals surface area contributed by atoms with Gasteiger partial charge in [0.1, 0.15) is 18.1 Å². The van der Waals surface area contributed by atoms with Crippen LogP contribution in [0.15, 0.2) is 30.3 Å². The van der Waals surface area contributed by atoms with E-state index in [0.717, 1.165) is 27.6 Å². The Morgan fingerprint density at radius 1 is 1.11 bits per heavy atom. The lowest BCUT2D eigenvalue weighted by Crippen LogP contribution is -2.69. The maximum Gasteiger partial charge on any atom is 0.343 e. The van der Waals surface area contributed by atoms with Crippen molar-refractivity contribution >= 4 is 34.6 Å². The SMILES string of the molecule is COc1c(C)cc2c(c1O)[C@H]1[C@@H]3[C@@H]4S[C@]5(N[C@@H](CO)Cc6c5[nH]c5ccccc65)C(=O)OCC(c5c6c(c(C)c(OC(C)=O)c54)OCO6)N3C(O)(C2)CN1C. The normalized spacial score (nSPS) is 31.4. The van der Waals surface area contributed by atoms with Gasteiger partial charge >= 0.3 is 11.9 Å². The Hall–Kier alpha value is -4.51. The minimum Gasteiger partial charge on any atom is -0.504 e. The lowest BCUT2D eigenvalue weighted by atomic mass is 9.78. The number of H-pyrrole nitrogens is 1. The third kappa shape index (κ3) is 4.62. The molecule has 288 valence electrons. The number of phenolic OH excluding ortho intramolecular Hbond substituents is 1. The maximum atomic E-state index is 15.1. The van der Waals surface area contributed by atoms with Crippen LogP contribution in [0, 0.1) is 13.8 Å². The molecule has 0 radical (unpaired) electrons. The number of rotatable bonds is 3. The summed E-state index contributed by atoms with van der Waals surface area (Å²) in [7, 11) is 3.44. The average molecular weight is 771 g/mol. The van der Waals surface area contributed by atoms with Crippen molar-refractivity contribution in [2.75, 3.05) is 40.7 Å². The van der Waals surface area contributed by atoms with Gasteiger partial charge in [-0.05, 0) is 50.1 Å². The molecular weight excluding hydrogens is 729 g/mol. The third-order valence-corrected chi connectivity index (χ3v) is 14.0. The Morgan fingerprint density at radius 3 is 2.65 bits per heavy atom. The second kappa shape index (κ2) is 12.0. The number of hydrogen-bond donors (Lipinski definition) is 5. The number of ether oxygens (including phenoxy) is 5. The van der Waals surface area contributed by atoms with Crippen LogP contribution < -0.4 is 24.3 Å². The molecule has 2 fully saturated rings. The fraction of sp³-hybridized carbons (Fsp3) is 0.450. The number of piperazine rings is 1. The monoisotopic (exact) mass is 770 g/mol. The minimum atomic E-state index is -1.62. The van der Waals surface area contributed by atoms with Gasteiger partial charge < -0.3 is 44.0 Å². The van der Waals surface area contributed by atoms with Gasteiger partial charge in [-0.25, -0.2) is 4.79 Å². The van der Waals surface area contributed by atoms with Gasteiger partial charge in [0, 0.05) is 65.1 Å². The lowest BCUT2D eigenvalue weighted by molar-refractivity contribution is -0.213. The molecule has 4 bridgehead atoms. The molecular formula is C40H42N4O10S. The van der Waals surface area contributed by atoms with Crippen molar-refractivity contribution in [3.8, 4) is 28.7 Å². The number of para-hydroxylation sites is 1. The van der Waals surface area contributed by atoms with Gasteiger partial charge in [0.05, 0.1) is 36.7 Å². The fourth-order valence-corrected chi connectivity index (χ4v) is 12.4. The first-order valence-electron chi connectivity index (χ1n) is 18.5. The van der Waals surface area contributed by atoms with Crippen LogP contribution in [0.25, 0.3) is 10.9 Å². The van der Waals surface area contributed by atoms with Crippen LogP contribution in [-0.2, 0) is 32.0 Å². The number of thioether (sulfide) groups is 1. The van der Waals surface area contributed by atoms with Crippen molar-refractivity contribution in [3.05, 3.63) is 75.0 Å². The second-order valence-electron chi connectivity index (χ2n) is 15.6. The van der Waals surface area contributed by atoms with Gasteiger partial charge in [0.25, 0.3) is 0 Å². The summed E-state index contributed by atoms with van der Waals surface area (Å²) in [4.78, 5) is 34.2. The van der Waals surface area contributed by atoms with Crippen molar-refractivity contribution in [2.24, 2.45) is 0 Å². The highest BCUT2D eigenvalue weighted by Gasteiger charge is 2.66. The van der Waals surface area contributed by atoms with Crippen LogP contribution in [0.1, 0.15) is 68.9 Å². The summed E-state index contributed by atoms with van der Waals surface area (Å²) in [6.45, 7) is 4.69. The molecule has 8 atom stereocenters. The molecule has 9 heterocycles. The number of fused-ring (bicyclic) bond motifs is 7. The van der Waals surface area contributed by atoms with Crippen LogP contribution in [-0.4, -0.2) is 101 Å². The Bertz CT molecular complexity index is 2350. The summed E-state index contributed by atoms with van der Waals surface area (Å²) >= 11 is 1.28. The first-order chi connectivity index (χ1) is 26.4. The van der Waals surface area contributed by atoms with E-state index in [0.29, 0.717) is 51.6 Å². The first-order valence-corrected chi connectivity index (χ1v) is 19.4. The van der Waals surface area contributed by atoms with Crippen molar-refractivity contribution in [3.63, 3.8) is 0 Å². The van der Waals surface area contributed by atoms with Crippen molar-refractivity contribution < 1.29 is 48.6 Å². The molecule has 1 aromatic heterocycles. The summed E-state index contributed by atoms with van der Waals surface area (Å²) in [5, 5.41) is 39.8. The van der Waals surface area contributed by atoms with E-state index in [1.54, 1.807) is 0 Å². The van der Waals surface area contributed by atoms with Crippen molar-refractivity contribution in [1.29, 1.82) is 0 Å². The number of hydrogen-bond acceptors (Lipinski definition) is 14. The largest absolute Gasteiger partial charge is 0.504 e. The van der Waals surface area contributed by atoms with Crippen molar-refractivity contribution in [1.82, 2.24) is 20.1 Å². The number of carbonyl (C=O) groups excluding carboxylic acids is 2. The second-order valence-corrected chi connectivity index (χ2v) is 16.9. The number of aliphatic hydroxyl groups is 2. The third-order valence-electron chi connectivity index (χ3n) is 12.4. The van der Waals surface area contributed by atoms with E-state index in [2.05, 4.69) is 15.2 Å². The van der Waals surface area contributed by atoms with E-state index in [1.165, 1.54) is 25.8 Å². The predicted molar refractivity (Wildman–Crippen MR) is 199 cm³/mol. The molecule has 3 aromatic carbocycles. The molecule has 55 heavy (non-hydrogen) atoms. The van der Waals surface area contributed by atoms with Crippen LogP contribution >= 0.6 is 11.8 Å². The minimum absolute atomic E-state index is 0.0143. The van der Waals surface area contributed by atoms with Gasteiger partial charge in [-0.15, -0.1) is 11.8 Å². The lowest BCUT2D eigenvalue weighted by Gasteiger charge is -2.60. The molecule has 4 aromatic rings. The summed E-state index contributed by atoms with van der Waals surface area (Å²) in [6.07, 6.45) is 0.604. The average Bonchev–Trinajstić information content (AvgIpc) is 3.76. The number of nitrogens with one attached hydrogen (secondary N) is 2. The number of aromatic nitrogens is 1. The van der Waals surface area contributed by atoms with Crippen LogP contribution in [0.3, 0.4) is 0 Å². The number of methoxy groups -OCH3 is 1. The zero-order valence-corrected chi connectivity index (χ0v) is 31.8. The van der Waals surface area contributed by atoms with E-state index < -0.39 is 52.0 Å². The molecule has 5 N–H and O–H groups in total. The Balaban J connectivity index is 1.32.